The fourth-order valence-electron chi connectivity index (χ4n) is 1.54. The molecule has 1 aromatic heterocycles. The summed E-state index contributed by atoms with van der Waals surface area (Å²) in [6.45, 7) is 2.68. The van der Waals surface area contributed by atoms with Gasteiger partial charge in [-0.3, -0.25) is 0 Å². The van der Waals surface area contributed by atoms with Gasteiger partial charge in [-0.05, 0) is 19.1 Å². The van der Waals surface area contributed by atoms with Gasteiger partial charge < -0.3 is 10.1 Å². The zero-order valence-electron chi connectivity index (χ0n) is 10.7. The Morgan fingerprint density at radius 1 is 1.32 bits per heavy atom. The molecular formula is C13H14FN3OS. The van der Waals surface area contributed by atoms with Crippen LogP contribution in [0.3, 0.4) is 0 Å². The van der Waals surface area contributed by atoms with Crippen LogP contribution in [0.1, 0.15) is 6.92 Å². The number of nitrogens with one attached hydrogen (secondary N) is 1. The van der Waals surface area contributed by atoms with E-state index in [0.717, 1.165) is 6.54 Å². The fraction of sp³-hybridized carbons (Fsp3) is 0.231. The SMILES string of the molecule is CCNc1ncnc(Sc2ccccc2F)c1OC. The van der Waals surface area contributed by atoms with E-state index >= 15 is 0 Å². The van der Waals surface area contributed by atoms with Crippen LogP contribution in [0.5, 0.6) is 5.75 Å². The van der Waals surface area contributed by atoms with Crippen LogP contribution in [-0.2, 0) is 0 Å². The van der Waals surface area contributed by atoms with Gasteiger partial charge >= 0.3 is 0 Å². The average molecular weight is 279 g/mol. The summed E-state index contributed by atoms with van der Waals surface area (Å²) in [7, 11) is 1.55. The molecule has 0 spiro atoms. The van der Waals surface area contributed by atoms with Crippen molar-refractivity contribution in [1.29, 1.82) is 0 Å². The smallest absolute Gasteiger partial charge is 0.194 e. The molecule has 1 aromatic carbocycles. The second-order valence-corrected chi connectivity index (χ2v) is 4.65. The molecule has 0 saturated carbocycles. The molecule has 2 aromatic rings. The van der Waals surface area contributed by atoms with Crippen molar-refractivity contribution in [3.8, 4) is 5.75 Å². The van der Waals surface area contributed by atoms with Crippen LogP contribution >= 0.6 is 11.8 Å². The van der Waals surface area contributed by atoms with E-state index in [4.69, 9.17) is 4.74 Å². The molecule has 0 radical (unpaired) electrons. The van der Waals surface area contributed by atoms with Crippen LogP contribution in [0.4, 0.5) is 10.2 Å². The number of hydrogen-bond donors (Lipinski definition) is 1. The first kappa shape index (κ1) is 13.6. The van der Waals surface area contributed by atoms with E-state index in [1.165, 1.54) is 24.2 Å². The Hall–Kier alpha value is -1.82. The van der Waals surface area contributed by atoms with Gasteiger partial charge in [0.25, 0.3) is 0 Å². The highest BCUT2D eigenvalue weighted by Gasteiger charge is 2.14. The van der Waals surface area contributed by atoms with Crippen LogP contribution in [0, 0.1) is 5.82 Å². The monoisotopic (exact) mass is 279 g/mol. The molecule has 0 fully saturated rings. The third kappa shape index (κ3) is 3.14. The largest absolute Gasteiger partial charge is 0.490 e. The summed E-state index contributed by atoms with van der Waals surface area (Å²) < 4.78 is 18.9. The minimum Gasteiger partial charge on any atom is -0.490 e. The van der Waals surface area contributed by atoms with Gasteiger partial charge in [-0.15, -0.1) is 0 Å². The van der Waals surface area contributed by atoms with Gasteiger partial charge in [-0.25, -0.2) is 14.4 Å². The summed E-state index contributed by atoms with van der Waals surface area (Å²) >= 11 is 1.21. The minimum atomic E-state index is -0.279. The van der Waals surface area contributed by atoms with E-state index in [9.17, 15) is 4.39 Å². The molecule has 100 valence electrons. The molecule has 1 heterocycles. The summed E-state index contributed by atoms with van der Waals surface area (Å²) in [5.41, 5.74) is 0. The lowest BCUT2D eigenvalue weighted by Gasteiger charge is -2.11. The number of rotatable bonds is 5. The second kappa shape index (κ2) is 6.38. The van der Waals surface area contributed by atoms with E-state index in [0.29, 0.717) is 21.5 Å². The zero-order chi connectivity index (χ0) is 13.7. The van der Waals surface area contributed by atoms with Crippen molar-refractivity contribution < 1.29 is 9.13 Å². The lowest BCUT2D eigenvalue weighted by Crippen LogP contribution is -2.03. The summed E-state index contributed by atoms with van der Waals surface area (Å²) in [4.78, 5) is 8.76. The van der Waals surface area contributed by atoms with Crippen molar-refractivity contribution in [3.05, 3.63) is 36.4 Å². The van der Waals surface area contributed by atoms with Gasteiger partial charge in [0.2, 0.25) is 0 Å². The third-order valence-electron chi connectivity index (χ3n) is 2.36. The summed E-state index contributed by atoms with van der Waals surface area (Å²) in [6.07, 6.45) is 1.43. The standard InChI is InChI=1S/C13H14FN3OS/c1-3-15-12-11(18-2)13(17-8-16-12)19-10-7-5-4-6-9(10)14/h4-8H,3H2,1-2H3,(H,15,16,17). The molecule has 0 atom stereocenters. The second-order valence-electron chi connectivity index (χ2n) is 3.62. The Kier molecular flexibility index (Phi) is 4.57. The maximum Gasteiger partial charge on any atom is 0.194 e. The first-order valence-corrected chi connectivity index (χ1v) is 6.63. The molecule has 6 heteroatoms. The van der Waals surface area contributed by atoms with Crippen molar-refractivity contribution in [3.63, 3.8) is 0 Å². The lowest BCUT2D eigenvalue weighted by molar-refractivity contribution is 0.400. The van der Waals surface area contributed by atoms with Crippen LogP contribution in [0.25, 0.3) is 0 Å². The van der Waals surface area contributed by atoms with Crippen molar-refractivity contribution in [2.24, 2.45) is 0 Å². The Labute approximate surface area is 115 Å². The first-order valence-electron chi connectivity index (χ1n) is 5.81. The van der Waals surface area contributed by atoms with Gasteiger partial charge in [0.15, 0.2) is 11.6 Å². The highest BCUT2D eigenvalue weighted by Crippen LogP contribution is 2.37. The quantitative estimate of drug-likeness (QED) is 0.852. The van der Waals surface area contributed by atoms with Crippen molar-refractivity contribution in [1.82, 2.24) is 9.97 Å². The van der Waals surface area contributed by atoms with Gasteiger partial charge in [-0.2, -0.15) is 0 Å². The molecular weight excluding hydrogens is 265 g/mol. The predicted octanol–water partition coefficient (Wildman–Crippen LogP) is 3.21. The van der Waals surface area contributed by atoms with E-state index in [2.05, 4.69) is 15.3 Å². The number of nitrogens with zero attached hydrogens (tertiary/aromatic N) is 2. The first-order chi connectivity index (χ1) is 9.26. The summed E-state index contributed by atoms with van der Waals surface area (Å²) in [5.74, 6) is 0.856. The lowest BCUT2D eigenvalue weighted by atomic mass is 10.3. The Balaban J connectivity index is 2.35. The maximum atomic E-state index is 13.6. The molecule has 0 aliphatic rings. The number of benzene rings is 1. The molecule has 0 unspecified atom stereocenters. The Morgan fingerprint density at radius 2 is 2.11 bits per heavy atom. The highest BCUT2D eigenvalue weighted by atomic mass is 32.2. The molecule has 1 N–H and O–H groups in total. The van der Waals surface area contributed by atoms with Crippen LogP contribution < -0.4 is 10.1 Å². The number of anilines is 1. The maximum absolute atomic E-state index is 13.6. The molecule has 0 saturated heterocycles. The summed E-state index contributed by atoms with van der Waals surface area (Å²) in [6, 6.07) is 6.56. The predicted molar refractivity (Wildman–Crippen MR) is 73.3 cm³/mol. The van der Waals surface area contributed by atoms with Crippen molar-refractivity contribution in [2.45, 2.75) is 16.8 Å². The molecule has 4 nitrogen and oxygen atoms in total. The molecule has 2 rings (SSSR count). The Morgan fingerprint density at radius 3 is 2.79 bits per heavy atom. The van der Waals surface area contributed by atoms with Crippen molar-refractivity contribution in [2.75, 3.05) is 19.0 Å². The number of ether oxygens (including phenoxy) is 1. The van der Waals surface area contributed by atoms with Crippen LogP contribution in [0.2, 0.25) is 0 Å². The fourth-order valence-corrected chi connectivity index (χ4v) is 2.43. The number of aromatic nitrogens is 2. The number of methoxy groups -OCH3 is 1. The highest BCUT2D eigenvalue weighted by molar-refractivity contribution is 7.99. The molecule has 0 bridgehead atoms. The van der Waals surface area contributed by atoms with Crippen LogP contribution in [-0.4, -0.2) is 23.6 Å². The number of hydrogen-bond acceptors (Lipinski definition) is 5. The number of halogens is 1. The van der Waals surface area contributed by atoms with Gasteiger partial charge in [0, 0.05) is 11.4 Å². The molecule has 0 aliphatic heterocycles. The molecule has 19 heavy (non-hydrogen) atoms. The zero-order valence-corrected chi connectivity index (χ0v) is 11.5. The minimum absolute atomic E-state index is 0.279. The van der Waals surface area contributed by atoms with E-state index in [1.54, 1.807) is 25.3 Å². The van der Waals surface area contributed by atoms with E-state index in [-0.39, 0.29) is 5.82 Å². The van der Waals surface area contributed by atoms with Gasteiger partial charge in [0.05, 0.1) is 7.11 Å². The summed E-state index contributed by atoms with van der Waals surface area (Å²) in [5, 5.41) is 3.67. The molecule has 0 aliphatic carbocycles. The average Bonchev–Trinajstić information content (AvgIpc) is 2.42. The van der Waals surface area contributed by atoms with Gasteiger partial charge in [0.1, 0.15) is 17.2 Å². The van der Waals surface area contributed by atoms with Crippen molar-refractivity contribution >= 4 is 17.6 Å². The topological polar surface area (TPSA) is 47.0 Å². The Bertz CT molecular complexity index is 565. The third-order valence-corrected chi connectivity index (χ3v) is 3.40. The van der Waals surface area contributed by atoms with E-state index in [1.807, 2.05) is 6.92 Å². The van der Waals surface area contributed by atoms with Crippen LogP contribution in [0.15, 0.2) is 40.5 Å². The molecule has 0 amide bonds. The normalized spacial score (nSPS) is 10.3. The van der Waals surface area contributed by atoms with Gasteiger partial charge in [-0.1, -0.05) is 23.9 Å². The van der Waals surface area contributed by atoms with E-state index < -0.39 is 0 Å².